The van der Waals surface area contributed by atoms with Gasteiger partial charge in [0.15, 0.2) is 4.60 Å². The Labute approximate surface area is 81.3 Å². The number of aryl methyl sites for hydroxylation is 1. The maximum absolute atomic E-state index is 4.05. The highest BCUT2D eigenvalue weighted by atomic mass is 79.9. The van der Waals surface area contributed by atoms with Crippen LogP contribution in [0.25, 0.3) is 0 Å². The van der Waals surface area contributed by atoms with Crippen LogP contribution in [0.5, 0.6) is 0 Å². The molecule has 0 unspecified atom stereocenters. The predicted molar refractivity (Wildman–Crippen MR) is 52.1 cm³/mol. The Morgan fingerprint density at radius 1 is 1.50 bits per heavy atom. The molecule has 0 aromatic carbocycles. The van der Waals surface area contributed by atoms with Crippen LogP contribution < -0.4 is 0 Å². The lowest BCUT2D eigenvalue weighted by atomic mass is 10.1. The normalized spacial score (nSPS) is 11.1. The van der Waals surface area contributed by atoms with Crippen LogP contribution in [0.3, 0.4) is 0 Å². The molecule has 4 heteroatoms. The second kappa shape index (κ2) is 4.03. The van der Waals surface area contributed by atoms with Crippen molar-refractivity contribution in [2.24, 2.45) is 0 Å². The summed E-state index contributed by atoms with van der Waals surface area (Å²) in [7, 11) is 0. The summed E-state index contributed by atoms with van der Waals surface area (Å²) in [6, 6.07) is 0. The molecule has 12 heavy (non-hydrogen) atoms. The van der Waals surface area contributed by atoms with E-state index < -0.39 is 0 Å². The Bertz CT molecular complexity index is 255. The monoisotopic (exact) mass is 231 g/mol. The van der Waals surface area contributed by atoms with Gasteiger partial charge in [0, 0.05) is 6.54 Å². The van der Waals surface area contributed by atoms with Gasteiger partial charge in [0.1, 0.15) is 0 Å². The Hall–Kier alpha value is -0.380. The molecular weight excluding hydrogens is 218 g/mol. The van der Waals surface area contributed by atoms with Crippen molar-refractivity contribution < 1.29 is 0 Å². The summed E-state index contributed by atoms with van der Waals surface area (Å²) in [4.78, 5) is 0. The van der Waals surface area contributed by atoms with E-state index in [1.54, 1.807) is 0 Å². The molecule has 0 aliphatic rings. The number of hydrogen-bond donors (Lipinski definition) is 0. The maximum Gasteiger partial charge on any atom is 0.151 e. The lowest BCUT2D eigenvalue weighted by Gasteiger charge is -2.07. The van der Waals surface area contributed by atoms with Crippen LogP contribution in [0, 0.1) is 0 Å². The van der Waals surface area contributed by atoms with E-state index >= 15 is 0 Å². The van der Waals surface area contributed by atoms with Crippen molar-refractivity contribution in [1.82, 2.24) is 15.0 Å². The van der Waals surface area contributed by atoms with Gasteiger partial charge in [-0.05, 0) is 28.3 Å². The van der Waals surface area contributed by atoms with Crippen LogP contribution in [-0.2, 0) is 6.54 Å². The minimum atomic E-state index is 0.473. The number of halogens is 1. The fourth-order valence-corrected chi connectivity index (χ4v) is 1.95. The average molecular weight is 232 g/mol. The quantitative estimate of drug-likeness (QED) is 0.801. The molecule has 3 nitrogen and oxygen atoms in total. The number of nitrogens with zero attached hydrogens (tertiary/aromatic N) is 3. The van der Waals surface area contributed by atoms with Crippen molar-refractivity contribution >= 4 is 15.9 Å². The van der Waals surface area contributed by atoms with E-state index in [9.17, 15) is 0 Å². The average Bonchev–Trinajstić information content (AvgIpc) is 2.32. The van der Waals surface area contributed by atoms with Crippen LogP contribution >= 0.6 is 15.9 Å². The number of aromatic nitrogens is 3. The van der Waals surface area contributed by atoms with E-state index in [0.717, 1.165) is 17.6 Å². The van der Waals surface area contributed by atoms with Crippen molar-refractivity contribution in [3.8, 4) is 0 Å². The van der Waals surface area contributed by atoms with Gasteiger partial charge in [-0.1, -0.05) is 26.0 Å². The second-order valence-electron chi connectivity index (χ2n) is 3.14. The van der Waals surface area contributed by atoms with E-state index in [1.165, 1.54) is 5.69 Å². The lowest BCUT2D eigenvalue weighted by Crippen LogP contribution is -2.05. The van der Waals surface area contributed by atoms with Crippen molar-refractivity contribution in [1.29, 1.82) is 0 Å². The molecule has 1 aromatic heterocycles. The highest BCUT2D eigenvalue weighted by Gasteiger charge is 2.12. The fraction of sp³-hybridized carbons (Fsp3) is 0.750. The summed E-state index contributed by atoms with van der Waals surface area (Å²) in [6.45, 7) is 7.39. The SMILES string of the molecule is CCCn1nnc(Br)c1C(C)C. The van der Waals surface area contributed by atoms with E-state index in [4.69, 9.17) is 0 Å². The maximum atomic E-state index is 4.05. The number of hydrogen-bond acceptors (Lipinski definition) is 2. The van der Waals surface area contributed by atoms with Crippen LogP contribution in [0.1, 0.15) is 38.8 Å². The van der Waals surface area contributed by atoms with Crippen LogP contribution in [-0.4, -0.2) is 15.0 Å². The van der Waals surface area contributed by atoms with Gasteiger partial charge in [-0.3, -0.25) is 0 Å². The lowest BCUT2D eigenvalue weighted by molar-refractivity contribution is 0.542. The van der Waals surface area contributed by atoms with Gasteiger partial charge in [-0.25, -0.2) is 4.68 Å². The van der Waals surface area contributed by atoms with Crippen LogP contribution in [0.2, 0.25) is 0 Å². The van der Waals surface area contributed by atoms with E-state index in [2.05, 4.69) is 47.0 Å². The Kier molecular flexibility index (Phi) is 3.26. The van der Waals surface area contributed by atoms with Gasteiger partial charge in [-0.15, -0.1) is 5.10 Å². The molecule has 0 saturated heterocycles. The molecule has 1 rings (SSSR count). The molecule has 0 aliphatic carbocycles. The minimum absolute atomic E-state index is 0.473. The third kappa shape index (κ3) is 1.86. The Balaban J connectivity index is 2.95. The summed E-state index contributed by atoms with van der Waals surface area (Å²) in [5.74, 6) is 0.473. The molecule has 0 amide bonds. The first-order chi connectivity index (χ1) is 5.66. The Morgan fingerprint density at radius 2 is 2.17 bits per heavy atom. The van der Waals surface area contributed by atoms with E-state index in [1.807, 2.05) is 4.68 Å². The first-order valence-corrected chi connectivity index (χ1v) is 5.05. The van der Waals surface area contributed by atoms with Crippen molar-refractivity contribution in [2.45, 2.75) is 39.7 Å². The zero-order valence-electron chi connectivity index (χ0n) is 7.71. The van der Waals surface area contributed by atoms with Gasteiger partial charge in [-0.2, -0.15) is 0 Å². The van der Waals surface area contributed by atoms with E-state index in [0.29, 0.717) is 5.92 Å². The first kappa shape index (κ1) is 9.71. The molecule has 68 valence electrons. The number of rotatable bonds is 3. The molecular formula is C8H14BrN3. The molecule has 0 N–H and O–H groups in total. The van der Waals surface area contributed by atoms with E-state index in [-0.39, 0.29) is 0 Å². The molecule has 0 saturated carbocycles. The van der Waals surface area contributed by atoms with Crippen LogP contribution in [0.4, 0.5) is 0 Å². The zero-order valence-corrected chi connectivity index (χ0v) is 9.30. The molecule has 1 aromatic rings. The van der Waals surface area contributed by atoms with Gasteiger partial charge in [0.2, 0.25) is 0 Å². The van der Waals surface area contributed by atoms with Crippen LogP contribution in [0.15, 0.2) is 4.60 Å². The molecule has 0 aliphatic heterocycles. The molecule has 0 radical (unpaired) electrons. The summed E-state index contributed by atoms with van der Waals surface area (Å²) in [5.41, 5.74) is 1.19. The highest BCUT2D eigenvalue weighted by Crippen LogP contribution is 2.21. The van der Waals surface area contributed by atoms with Crippen molar-refractivity contribution in [3.05, 3.63) is 10.3 Å². The minimum Gasteiger partial charge on any atom is -0.248 e. The fourth-order valence-electron chi connectivity index (χ4n) is 1.21. The third-order valence-corrected chi connectivity index (χ3v) is 2.28. The molecule has 0 atom stereocenters. The van der Waals surface area contributed by atoms with Gasteiger partial charge >= 0.3 is 0 Å². The zero-order chi connectivity index (χ0) is 9.14. The van der Waals surface area contributed by atoms with Gasteiger partial charge in [0.05, 0.1) is 5.69 Å². The highest BCUT2D eigenvalue weighted by molar-refractivity contribution is 9.10. The largest absolute Gasteiger partial charge is 0.248 e. The first-order valence-electron chi connectivity index (χ1n) is 4.25. The topological polar surface area (TPSA) is 30.7 Å². The summed E-state index contributed by atoms with van der Waals surface area (Å²) in [5, 5.41) is 8.03. The molecule has 0 bridgehead atoms. The van der Waals surface area contributed by atoms with Gasteiger partial charge in [0.25, 0.3) is 0 Å². The predicted octanol–water partition coefficient (Wildman–Crippen LogP) is 2.57. The standard InChI is InChI=1S/C8H14BrN3/c1-4-5-12-7(6(2)3)8(9)10-11-12/h6H,4-5H2,1-3H3. The molecule has 0 spiro atoms. The van der Waals surface area contributed by atoms with Gasteiger partial charge < -0.3 is 0 Å². The second-order valence-corrected chi connectivity index (χ2v) is 3.89. The van der Waals surface area contributed by atoms with Crippen molar-refractivity contribution in [2.75, 3.05) is 0 Å². The molecule has 0 fully saturated rings. The summed E-state index contributed by atoms with van der Waals surface area (Å²) in [6.07, 6.45) is 1.09. The summed E-state index contributed by atoms with van der Waals surface area (Å²) < 4.78 is 2.85. The molecule has 1 heterocycles. The third-order valence-electron chi connectivity index (χ3n) is 1.71. The summed E-state index contributed by atoms with van der Waals surface area (Å²) >= 11 is 3.39. The smallest absolute Gasteiger partial charge is 0.151 e. The Morgan fingerprint density at radius 3 is 2.67 bits per heavy atom. The van der Waals surface area contributed by atoms with Crippen molar-refractivity contribution in [3.63, 3.8) is 0 Å².